The number of nitrogens with two attached hydrogens (primary N) is 1. The van der Waals surface area contributed by atoms with Crippen molar-refractivity contribution in [3.63, 3.8) is 0 Å². The van der Waals surface area contributed by atoms with Gasteiger partial charge >= 0.3 is 12.1 Å². The Hall–Kier alpha value is -4.41. The molecule has 0 saturated heterocycles. The van der Waals surface area contributed by atoms with Crippen molar-refractivity contribution in [2.45, 2.75) is 116 Å². The van der Waals surface area contributed by atoms with Gasteiger partial charge in [0.25, 0.3) is 0 Å². The fourth-order valence-electron chi connectivity index (χ4n) is 5.06. The van der Waals surface area contributed by atoms with Crippen LogP contribution in [-0.4, -0.2) is 64.0 Å². The molecule has 2 aromatic carbocycles. The lowest BCUT2D eigenvalue weighted by molar-refractivity contribution is -0.159. The van der Waals surface area contributed by atoms with Crippen LogP contribution in [0.4, 0.5) is 4.79 Å². The first-order valence-electron chi connectivity index (χ1n) is 15.6. The average molecular weight is 637 g/mol. The molecule has 3 rings (SSSR count). The van der Waals surface area contributed by atoms with E-state index in [9.17, 15) is 24.0 Å². The zero-order valence-corrected chi connectivity index (χ0v) is 28.1. The Morgan fingerprint density at radius 3 is 2.00 bits per heavy atom. The summed E-state index contributed by atoms with van der Waals surface area (Å²) < 4.78 is 11.0. The van der Waals surface area contributed by atoms with Gasteiger partial charge in [-0.3, -0.25) is 14.4 Å². The molecule has 3 unspecified atom stereocenters. The summed E-state index contributed by atoms with van der Waals surface area (Å²) in [6, 6.07) is 10.7. The van der Waals surface area contributed by atoms with E-state index >= 15 is 0 Å². The maximum Gasteiger partial charge on any atom is 0.408 e. The maximum absolute atomic E-state index is 14.5. The Labute approximate surface area is 271 Å². The molecule has 0 heterocycles. The first-order valence-corrected chi connectivity index (χ1v) is 15.6. The molecule has 0 aromatic heterocycles. The molecule has 4 N–H and O–H groups in total. The summed E-state index contributed by atoms with van der Waals surface area (Å²) in [5, 5.41) is 5.39. The number of aryl methyl sites for hydroxylation is 1. The topological polar surface area (TPSA) is 157 Å². The van der Waals surface area contributed by atoms with Crippen LogP contribution in [0.1, 0.15) is 89.1 Å². The molecule has 1 saturated carbocycles. The standard InChI is InChI=1S/C35H48N4O7/c1-21-13-12-16-25(22(21)2)29(30(41)37-27(32(43)45-34(3,4)5)19-23-14-10-9-11-15-23)39(24-17-18-24)31(42)26(20-28(36)40)38-33(44)46-35(6,7)8/h9-16,24,26-27,29H,17-20H2,1-8H3,(H2,36,40)(H,37,41)(H,38,44). The number of rotatable bonds is 12. The third-order valence-corrected chi connectivity index (χ3v) is 7.35. The number of carbonyl (C=O) groups is 5. The fraction of sp³-hybridized carbons (Fsp3) is 0.514. The van der Waals surface area contributed by atoms with E-state index in [1.807, 2.05) is 50.2 Å². The Morgan fingerprint density at radius 1 is 0.848 bits per heavy atom. The van der Waals surface area contributed by atoms with Gasteiger partial charge in [-0.15, -0.1) is 0 Å². The van der Waals surface area contributed by atoms with Crippen molar-refractivity contribution in [3.05, 3.63) is 70.8 Å². The van der Waals surface area contributed by atoms with E-state index in [0.717, 1.165) is 16.7 Å². The van der Waals surface area contributed by atoms with E-state index in [-0.39, 0.29) is 12.5 Å². The van der Waals surface area contributed by atoms with E-state index < -0.39 is 65.5 Å². The molecule has 46 heavy (non-hydrogen) atoms. The second-order valence-electron chi connectivity index (χ2n) is 13.8. The highest BCUT2D eigenvalue weighted by atomic mass is 16.6. The second kappa shape index (κ2) is 14.8. The quantitative estimate of drug-likeness (QED) is 0.295. The number of carbonyl (C=O) groups excluding carboxylic acids is 5. The number of hydrogen-bond donors (Lipinski definition) is 3. The third-order valence-electron chi connectivity index (χ3n) is 7.35. The number of alkyl carbamates (subject to hydrolysis) is 1. The molecule has 1 fully saturated rings. The lowest BCUT2D eigenvalue weighted by atomic mass is 9.94. The number of nitrogens with zero attached hydrogens (tertiary/aromatic N) is 1. The van der Waals surface area contributed by atoms with Crippen LogP contribution in [0.2, 0.25) is 0 Å². The Balaban J connectivity index is 2.08. The molecule has 11 nitrogen and oxygen atoms in total. The number of primary amides is 1. The van der Waals surface area contributed by atoms with Gasteiger partial charge in [0.2, 0.25) is 17.7 Å². The zero-order chi connectivity index (χ0) is 34.4. The highest BCUT2D eigenvalue weighted by molar-refractivity contribution is 5.96. The summed E-state index contributed by atoms with van der Waals surface area (Å²) in [6.07, 6.45) is -0.0334. The van der Waals surface area contributed by atoms with Crippen molar-refractivity contribution in [2.75, 3.05) is 0 Å². The summed E-state index contributed by atoms with van der Waals surface area (Å²) in [4.78, 5) is 68.6. The molecule has 4 amide bonds. The minimum absolute atomic E-state index is 0.156. The predicted octanol–water partition coefficient (Wildman–Crippen LogP) is 4.17. The molecule has 0 bridgehead atoms. The smallest absolute Gasteiger partial charge is 0.408 e. The van der Waals surface area contributed by atoms with E-state index in [0.29, 0.717) is 18.4 Å². The van der Waals surface area contributed by atoms with Crippen molar-refractivity contribution < 1.29 is 33.4 Å². The van der Waals surface area contributed by atoms with Gasteiger partial charge in [-0.05, 0) is 90.5 Å². The monoisotopic (exact) mass is 636 g/mol. The van der Waals surface area contributed by atoms with E-state index in [1.54, 1.807) is 53.7 Å². The molecule has 2 aromatic rings. The molecule has 0 radical (unpaired) electrons. The predicted molar refractivity (Wildman–Crippen MR) is 173 cm³/mol. The maximum atomic E-state index is 14.5. The minimum atomic E-state index is -1.39. The molecule has 1 aliphatic rings. The Morgan fingerprint density at radius 2 is 1.46 bits per heavy atom. The van der Waals surface area contributed by atoms with E-state index in [1.165, 1.54) is 4.90 Å². The average Bonchev–Trinajstić information content (AvgIpc) is 3.76. The summed E-state index contributed by atoms with van der Waals surface area (Å²) in [6.45, 7) is 14.0. The van der Waals surface area contributed by atoms with Crippen LogP contribution >= 0.6 is 0 Å². The van der Waals surface area contributed by atoms with Crippen molar-refractivity contribution in [1.29, 1.82) is 0 Å². The molecular formula is C35H48N4O7. The van der Waals surface area contributed by atoms with Crippen LogP contribution in [0.25, 0.3) is 0 Å². The summed E-state index contributed by atoms with van der Waals surface area (Å²) in [5.41, 5.74) is 6.87. The highest BCUT2D eigenvalue weighted by Crippen LogP contribution is 2.37. The van der Waals surface area contributed by atoms with E-state index in [4.69, 9.17) is 15.2 Å². The zero-order valence-electron chi connectivity index (χ0n) is 28.1. The van der Waals surface area contributed by atoms with Gasteiger partial charge in [0.1, 0.15) is 29.3 Å². The largest absolute Gasteiger partial charge is 0.458 e. The van der Waals surface area contributed by atoms with Crippen LogP contribution in [0.15, 0.2) is 48.5 Å². The van der Waals surface area contributed by atoms with Crippen LogP contribution in [0.3, 0.4) is 0 Å². The molecule has 0 spiro atoms. The molecule has 250 valence electrons. The van der Waals surface area contributed by atoms with Crippen LogP contribution in [0.5, 0.6) is 0 Å². The molecule has 3 atom stereocenters. The van der Waals surface area contributed by atoms with Crippen LogP contribution < -0.4 is 16.4 Å². The molecular weight excluding hydrogens is 588 g/mol. The number of ether oxygens (including phenoxy) is 2. The fourth-order valence-corrected chi connectivity index (χ4v) is 5.06. The van der Waals surface area contributed by atoms with Crippen molar-refractivity contribution >= 4 is 29.8 Å². The normalized spacial score (nSPS) is 15.1. The Bertz CT molecular complexity index is 1420. The van der Waals surface area contributed by atoms with Gasteiger partial charge in [-0.1, -0.05) is 48.5 Å². The number of nitrogens with one attached hydrogen (secondary N) is 2. The minimum Gasteiger partial charge on any atom is -0.458 e. The summed E-state index contributed by atoms with van der Waals surface area (Å²) >= 11 is 0. The Kier molecular flexibility index (Phi) is 11.6. The van der Waals surface area contributed by atoms with E-state index in [2.05, 4.69) is 10.6 Å². The van der Waals surface area contributed by atoms with Gasteiger partial charge in [-0.25, -0.2) is 9.59 Å². The number of benzene rings is 2. The first-order chi connectivity index (χ1) is 21.4. The van der Waals surface area contributed by atoms with Gasteiger partial charge in [0.05, 0.1) is 6.42 Å². The summed E-state index contributed by atoms with van der Waals surface area (Å²) in [5.74, 6) is -2.70. The van der Waals surface area contributed by atoms with Gasteiger partial charge in [0.15, 0.2) is 0 Å². The van der Waals surface area contributed by atoms with Gasteiger partial charge in [-0.2, -0.15) is 0 Å². The van der Waals surface area contributed by atoms with Crippen molar-refractivity contribution in [2.24, 2.45) is 5.73 Å². The number of esters is 1. The van der Waals surface area contributed by atoms with Crippen molar-refractivity contribution in [3.8, 4) is 0 Å². The lowest BCUT2D eigenvalue weighted by Crippen LogP contribution is -2.56. The van der Waals surface area contributed by atoms with Gasteiger partial charge in [0, 0.05) is 12.5 Å². The van der Waals surface area contributed by atoms with Crippen molar-refractivity contribution in [1.82, 2.24) is 15.5 Å². The SMILES string of the molecule is Cc1cccc(C(C(=O)NC(Cc2ccccc2)C(=O)OC(C)(C)C)N(C(=O)C(CC(N)=O)NC(=O)OC(C)(C)C)C2CC2)c1C. The van der Waals surface area contributed by atoms with Gasteiger partial charge < -0.3 is 30.7 Å². The molecule has 1 aliphatic carbocycles. The first kappa shape index (κ1) is 36.1. The van der Waals surface area contributed by atoms with Crippen LogP contribution in [-0.2, 0) is 35.1 Å². The van der Waals surface area contributed by atoms with Crippen LogP contribution in [0, 0.1) is 13.8 Å². The molecule has 0 aliphatic heterocycles. The lowest BCUT2D eigenvalue weighted by Gasteiger charge is -2.36. The third kappa shape index (κ3) is 10.6. The highest BCUT2D eigenvalue weighted by Gasteiger charge is 2.45. The second-order valence-corrected chi connectivity index (χ2v) is 13.8. The molecule has 11 heteroatoms. The summed E-state index contributed by atoms with van der Waals surface area (Å²) in [7, 11) is 0. The number of hydrogen-bond acceptors (Lipinski definition) is 7. The number of amides is 4.